The van der Waals surface area contributed by atoms with Gasteiger partial charge < -0.3 is 23.7 Å². The van der Waals surface area contributed by atoms with Gasteiger partial charge in [-0.05, 0) is 41.4 Å². The van der Waals surface area contributed by atoms with E-state index in [1.54, 1.807) is 7.11 Å². The number of Topliss-reactive ketones (excluding diaryl/α,β-unsaturated/α-hetero) is 1. The number of ketones is 1. The molecule has 3 rings (SSSR count). The zero-order valence-electron chi connectivity index (χ0n) is 17.0. The van der Waals surface area contributed by atoms with Gasteiger partial charge in [0.1, 0.15) is 12.2 Å². The lowest BCUT2D eigenvalue weighted by Gasteiger charge is -2.50. The van der Waals surface area contributed by atoms with Gasteiger partial charge in [-0.15, -0.1) is 0 Å². The van der Waals surface area contributed by atoms with Crippen molar-refractivity contribution in [2.45, 2.75) is 44.8 Å². The largest absolute Gasteiger partial charge is 0.468 e. The maximum Gasteiger partial charge on any atom is 0.319 e. The summed E-state index contributed by atoms with van der Waals surface area (Å²) >= 11 is 2.29. The number of methoxy groups -OCH3 is 2. The van der Waals surface area contributed by atoms with Crippen molar-refractivity contribution < 1.29 is 33.3 Å². The van der Waals surface area contributed by atoms with Crippen molar-refractivity contribution in [2.75, 3.05) is 45.3 Å². The Morgan fingerprint density at radius 1 is 1.21 bits per heavy atom. The Bertz CT molecular complexity index is 591. The minimum atomic E-state index is -1.17. The average molecular weight is 510 g/mol. The normalized spacial score (nSPS) is 36.2. The first-order chi connectivity index (χ1) is 13.4. The fourth-order valence-electron chi connectivity index (χ4n) is 5.95. The third kappa shape index (κ3) is 3.23. The van der Waals surface area contributed by atoms with Crippen LogP contribution < -0.4 is 0 Å². The molecule has 2 aliphatic carbocycles. The first kappa shape index (κ1) is 22.4. The molecule has 1 heterocycles. The van der Waals surface area contributed by atoms with E-state index in [1.165, 1.54) is 7.11 Å². The first-order valence-electron chi connectivity index (χ1n) is 9.97. The van der Waals surface area contributed by atoms with Crippen molar-refractivity contribution in [3.05, 3.63) is 0 Å². The number of ether oxygens (including phenoxy) is 5. The van der Waals surface area contributed by atoms with Crippen molar-refractivity contribution in [1.29, 1.82) is 0 Å². The molecule has 2 bridgehead atoms. The minimum absolute atomic E-state index is 0.0488. The fraction of sp³-hybridized carbons (Fsp3) is 0.900. The Hall–Kier alpha value is -0.290. The lowest BCUT2D eigenvalue weighted by Crippen LogP contribution is -2.53. The number of hydrogen-bond acceptors (Lipinski definition) is 7. The molecule has 0 aromatic rings. The highest BCUT2D eigenvalue weighted by molar-refractivity contribution is 14.1. The van der Waals surface area contributed by atoms with Crippen LogP contribution in [0.25, 0.3) is 0 Å². The van der Waals surface area contributed by atoms with Gasteiger partial charge >= 0.3 is 5.97 Å². The molecule has 0 N–H and O–H groups in total. The highest BCUT2D eigenvalue weighted by Crippen LogP contribution is 2.69. The van der Waals surface area contributed by atoms with Gasteiger partial charge in [-0.1, -0.05) is 29.5 Å². The summed E-state index contributed by atoms with van der Waals surface area (Å²) < 4.78 is 28.7. The van der Waals surface area contributed by atoms with Crippen LogP contribution in [0, 0.1) is 22.7 Å². The summed E-state index contributed by atoms with van der Waals surface area (Å²) in [6.07, 6.45) is 3.04. The Balaban J connectivity index is 2.05. The third-order valence-corrected chi connectivity index (χ3v) is 7.87. The Morgan fingerprint density at radius 2 is 1.93 bits per heavy atom. The van der Waals surface area contributed by atoms with E-state index in [1.807, 2.05) is 0 Å². The number of alkyl halides is 1. The summed E-state index contributed by atoms with van der Waals surface area (Å²) in [6, 6.07) is 0. The van der Waals surface area contributed by atoms with E-state index in [9.17, 15) is 9.59 Å². The molecule has 0 aromatic heterocycles. The van der Waals surface area contributed by atoms with Crippen molar-refractivity contribution in [2.24, 2.45) is 22.7 Å². The maximum atomic E-state index is 13.9. The molecule has 4 atom stereocenters. The molecule has 1 aliphatic heterocycles. The average Bonchev–Trinajstić information content (AvgIpc) is 3.24. The highest BCUT2D eigenvalue weighted by atomic mass is 127. The Kier molecular flexibility index (Phi) is 7.06. The van der Waals surface area contributed by atoms with Crippen molar-refractivity contribution in [3.8, 4) is 0 Å². The van der Waals surface area contributed by atoms with Crippen LogP contribution in [0.2, 0.25) is 0 Å². The summed E-state index contributed by atoms with van der Waals surface area (Å²) in [5, 5.41) is 0. The first-order valence-corrected chi connectivity index (χ1v) is 11.5. The van der Waals surface area contributed by atoms with Gasteiger partial charge in [0.2, 0.25) is 0 Å². The van der Waals surface area contributed by atoms with Crippen LogP contribution in [-0.2, 0) is 33.3 Å². The molecule has 0 unspecified atom stereocenters. The summed E-state index contributed by atoms with van der Waals surface area (Å²) in [5.41, 5.74) is -1.70. The van der Waals surface area contributed by atoms with Crippen LogP contribution in [0.4, 0.5) is 0 Å². The molecule has 1 saturated heterocycles. The van der Waals surface area contributed by atoms with Crippen molar-refractivity contribution >= 4 is 34.3 Å². The van der Waals surface area contributed by atoms with Crippen LogP contribution >= 0.6 is 22.6 Å². The van der Waals surface area contributed by atoms with Gasteiger partial charge in [0.25, 0.3) is 0 Å². The van der Waals surface area contributed by atoms with Gasteiger partial charge in [-0.25, -0.2) is 0 Å². The fourth-order valence-corrected chi connectivity index (χ4v) is 6.33. The summed E-state index contributed by atoms with van der Waals surface area (Å²) in [5.74, 6) is -1.77. The molecular formula is C20H31IO7. The molecule has 0 aromatic carbocycles. The number of halogens is 1. The quantitative estimate of drug-likeness (QED) is 0.118. The van der Waals surface area contributed by atoms with E-state index in [0.29, 0.717) is 45.5 Å². The van der Waals surface area contributed by atoms with Gasteiger partial charge in [0, 0.05) is 13.5 Å². The van der Waals surface area contributed by atoms with E-state index >= 15 is 0 Å². The van der Waals surface area contributed by atoms with E-state index in [-0.39, 0.29) is 18.5 Å². The maximum absolute atomic E-state index is 13.9. The highest BCUT2D eigenvalue weighted by Gasteiger charge is 2.76. The Labute approximate surface area is 180 Å². The van der Waals surface area contributed by atoms with Gasteiger partial charge in [0.05, 0.1) is 32.8 Å². The zero-order chi connectivity index (χ0) is 20.4. The third-order valence-electron chi connectivity index (χ3n) is 7.11. The molecule has 3 aliphatic rings. The topological polar surface area (TPSA) is 80.3 Å². The lowest BCUT2D eigenvalue weighted by molar-refractivity contribution is -0.228. The summed E-state index contributed by atoms with van der Waals surface area (Å²) in [4.78, 5) is 27.1. The van der Waals surface area contributed by atoms with Crippen LogP contribution in [0.15, 0.2) is 0 Å². The van der Waals surface area contributed by atoms with Crippen LogP contribution in [0.3, 0.4) is 0 Å². The SMILES string of the molecule is COCOCC[C@@]12C[C@@H](C(=O)[C@]1(CCCI)C(=O)OC)C1(C[C@@H]2C)OCCO1. The second kappa shape index (κ2) is 8.83. The molecule has 160 valence electrons. The van der Waals surface area contributed by atoms with E-state index in [2.05, 4.69) is 29.5 Å². The molecule has 8 heteroatoms. The van der Waals surface area contributed by atoms with E-state index in [4.69, 9.17) is 23.7 Å². The number of esters is 1. The number of hydrogen-bond donors (Lipinski definition) is 0. The van der Waals surface area contributed by atoms with Crippen molar-refractivity contribution in [3.63, 3.8) is 0 Å². The molecule has 3 fully saturated rings. The molecular weight excluding hydrogens is 479 g/mol. The molecule has 0 radical (unpaired) electrons. The van der Waals surface area contributed by atoms with Gasteiger partial charge in [-0.3, -0.25) is 9.59 Å². The van der Waals surface area contributed by atoms with E-state index in [0.717, 1.165) is 10.8 Å². The lowest BCUT2D eigenvalue weighted by atomic mass is 9.54. The molecule has 2 saturated carbocycles. The van der Waals surface area contributed by atoms with Crippen molar-refractivity contribution in [1.82, 2.24) is 0 Å². The second-order valence-corrected chi connectivity index (χ2v) is 9.22. The molecule has 28 heavy (non-hydrogen) atoms. The zero-order valence-corrected chi connectivity index (χ0v) is 19.1. The molecule has 0 amide bonds. The standard InChI is InChI=1S/C20H31IO7/c1-14-11-20(27-9-10-28-20)15-12-18(14,6-8-26-13-24-2)19(16(15)22,5-4-7-21)17(23)25-3/h14-15H,4-13H2,1-3H3/t14-,15-,18-,19+/m0/s1. The van der Waals surface area contributed by atoms with Crippen LogP contribution in [0.1, 0.15) is 39.0 Å². The number of rotatable bonds is 9. The second-order valence-electron chi connectivity index (χ2n) is 8.15. The van der Waals surface area contributed by atoms with Gasteiger partial charge in [0.15, 0.2) is 11.6 Å². The smallest absolute Gasteiger partial charge is 0.319 e. The minimum Gasteiger partial charge on any atom is -0.468 e. The van der Waals surface area contributed by atoms with E-state index < -0.39 is 28.5 Å². The summed E-state index contributed by atoms with van der Waals surface area (Å²) in [6.45, 7) is 3.70. The Morgan fingerprint density at radius 3 is 2.54 bits per heavy atom. The number of carbonyl (C=O) groups excluding carboxylic acids is 2. The van der Waals surface area contributed by atoms with Crippen LogP contribution in [-0.4, -0.2) is 62.8 Å². The summed E-state index contributed by atoms with van der Waals surface area (Å²) in [7, 11) is 2.95. The molecule has 7 nitrogen and oxygen atoms in total. The number of carbonyl (C=O) groups is 2. The predicted octanol–water partition coefficient (Wildman–Crippen LogP) is 2.73. The van der Waals surface area contributed by atoms with Gasteiger partial charge in [-0.2, -0.15) is 0 Å². The van der Waals surface area contributed by atoms with Crippen LogP contribution in [0.5, 0.6) is 0 Å². The molecule has 1 spiro atoms. The number of fused-ring (bicyclic) bond motifs is 3. The predicted molar refractivity (Wildman–Crippen MR) is 109 cm³/mol. The monoisotopic (exact) mass is 510 g/mol.